The minimum Gasteiger partial charge on any atom is -0.457 e. The minimum absolute atomic E-state index is 0. The lowest BCUT2D eigenvalue weighted by atomic mass is 10.1. The molecule has 10 N–H and O–H groups in total. The Morgan fingerprint density at radius 2 is 1.19 bits per heavy atom. The molecule has 30 heteroatoms. The van der Waals surface area contributed by atoms with Crippen LogP contribution in [0.5, 0.6) is 0 Å². The summed E-state index contributed by atoms with van der Waals surface area (Å²) in [5, 5.41) is 29.1. The fourth-order valence-corrected chi connectivity index (χ4v) is 7.55. The highest BCUT2D eigenvalue weighted by atomic mass is 35.5. The number of nitrogens with one attached hydrogen (secondary N) is 1. The fraction of sp³-hybridized carbons (Fsp3) is 0.714. The first kappa shape index (κ1) is 59.0. The number of esters is 1. The molecule has 2 unspecified atom stereocenters. The van der Waals surface area contributed by atoms with E-state index in [0.29, 0.717) is 148 Å². The van der Waals surface area contributed by atoms with Gasteiger partial charge in [-0.25, -0.2) is 14.2 Å². The lowest BCUT2D eigenvalue weighted by Gasteiger charge is -2.38. The van der Waals surface area contributed by atoms with Crippen LogP contribution in [0.2, 0.25) is 0 Å². The molecule has 26 nitrogen and oxygen atoms in total. The second kappa shape index (κ2) is 30.5. The van der Waals surface area contributed by atoms with Gasteiger partial charge >= 0.3 is 12.1 Å². The van der Waals surface area contributed by atoms with E-state index < -0.39 is 42.9 Å². The number of unbranched alkanes of at least 4 members (excludes halogenated alkanes) is 2. The number of rotatable bonds is 30. The lowest BCUT2D eigenvalue weighted by molar-refractivity contribution is -0.200. The number of halogens is 4. The summed E-state index contributed by atoms with van der Waals surface area (Å²) in [6.07, 6.45) is 6.41. The number of terminal acetylenes is 1. The number of aliphatic hydroxyl groups excluding tert-OH is 1. The number of carbonyl (C=O) groups is 3. The van der Waals surface area contributed by atoms with Crippen LogP contribution in [-0.2, 0) is 33.3 Å². The van der Waals surface area contributed by atoms with Crippen LogP contribution < -0.4 is 38.1 Å². The summed E-state index contributed by atoms with van der Waals surface area (Å²) in [7, 11) is 0. The number of hydrogen-bond donors (Lipinski definition) is 6. The first-order valence-corrected chi connectivity index (χ1v) is 23.6. The number of hydrogen-bond acceptors (Lipinski definition) is 22. The van der Waals surface area contributed by atoms with E-state index >= 15 is 0 Å². The van der Waals surface area contributed by atoms with Crippen LogP contribution in [0.15, 0.2) is 12.4 Å². The number of amides is 2. The van der Waals surface area contributed by atoms with Gasteiger partial charge in [-0.05, 0) is 51.6 Å². The third-order valence-corrected chi connectivity index (χ3v) is 11.5. The standard InChI is InChI=1S/C42H67F3N18O8.ClH/c1-2-20-68-22-24-70-25-23-69-21-11-50-39-51-40(60-16-12-58(13-17-60)36(65)34(7-3-5-9-46)62-26-32(54-56-62)30(48)28-64)53-41(52-39)61-18-14-59(15-19-61)37(66)35(8-4-6-10-47)63-27-33(55-57-63)31(49)29-71-38(67)42(43,44)45;/h1,26-27,30-31,34-35,64H,3-25,28-29,46-49H2,(H,50,51,52,53);1H/t30?,31?,34-,35-;/m0./s1. The van der Waals surface area contributed by atoms with E-state index in [4.69, 9.17) is 58.5 Å². The van der Waals surface area contributed by atoms with Crippen molar-refractivity contribution in [3.8, 4) is 12.3 Å². The SMILES string of the molecule is C#CCOCCOCCOCCNc1nc(N2CCN(C(=O)[C@H](CCCCN)n3cc(C(N)CO)nn3)CC2)nc(N2CCN(C(=O)[C@H](CCCCN)n3cc(C(N)COC(=O)C(F)(F)F)nn3)CC2)n1.Cl. The molecule has 5 heterocycles. The van der Waals surface area contributed by atoms with Gasteiger partial charge in [-0.2, -0.15) is 28.1 Å². The van der Waals surface area contributed by atoms with Gasteiger partial charge in [0.2, 0.25) is 29.7 Å². The van der Waals surface area contributed by atoms with E-state index in [1.165, 1.54) is 15.6 Å². The van der Waals surface area contributed by atoms with Gasteiger partial charge in [-0.3, -0.25) is 9.59 Å². The van der Waals surface area contributed by atoms with Gasteiger partial charge in [0.1, 0.15) is 36.7 Å². The number of carbonyl (C=O) groups excluding carboxylic acids is 3. The van der Waals surface area contributed by atoms with Gasteiger partial charge in [-0.1, -0.05) is 16.3 Å². The van der Waals surface area contributed by atoms with Gasteiger partial charge in [0.15, 0.2) is 0 Å². The summed E-state index contributed by atoms with van der Waals surface area (Å²) >= 11 is 0. The molecule has 0 radical (unpaired) electrons. The average Bonchev–Trinajstić information content (AvgIpc) is 4.08. The molecule has 2 amide bonds. The number of aliphatic hydroxyl groups is 1. The summed E-state index contributed by atoms with van der Waals surface area (Å²) in [5.41, 5.74) is 23.9. The Labute approximate surface area is 421 Å². The summed E-state index contributed by atoms with van der Waals surface area (Å²) in [4.78, 5) is 61.2. The Kier molecular flexibility index (Phi) is 24.9. The second-order valence-corrected chi connectivity index (χ2v) is 16.6. The largest absolute Gasteiger partial charge is 0.490 e. The first-order valence-electron chi connectivity index (χ1n) is 23.6. The van der Waals surface area contributed by atoms with E-state index in [2.05, 4.69) is 36.6 Å². The van der Waals surface area contributed by atoms with Crippen molar-refractivity contribution in [2.75, 3.05) is 140 Å². The number of piperazine rings is 2. The van der Waals surface area contributed by atoms with Crippen LogP contribution >= 0.6 is 12.4 Å². The lowest BCUT2D eigenvalue weighted by Crippen LogP contribution is -2.52. The normalized spacial score (nSPS) is 15.9. The highest BCUT2D eigenvalue weighted by Crippen LogP contribution is 2.25. The quantitative estimate of drug-likeness (QED) is 0.0257. The fourth-order valence-electron chi connectivity index (χ4n) is 7.55. The number of aromatic nitrogens is 9. The van der Waals surface area contributed by atoms with Crippen LogP contribution in [0, 0.1) is 12.3 Å². The maximum atomic E-state index is 14.2. The molecule has 0 aliphatic carbocycles. The van der Waals surface area contributed by atoms with Crippen molar-refractivity contribution in [3.63, 3.8) is 0 Å². The Hall–Kier alpha value is -5.58. The van der Waals surface area contributed by atoms with Gasteiger partial charge < -0.3 is 71.9 Å². The van der Waals surface area contributed by atoms with Crippen LogP contribution in [0.4, 0.5) is 31.0 Å². The Bertz CT molecular complexity index is 2140. The molecule has 0 spiro atoms. The van der Waals surface area contributed by atoms with Gasteiger partial charge in [0.05, 0.1) is 64.1 Å². The molecule has 2 saturated heterocycles. The maximum Gasteiger partial charge on any atom is 0.490 e. The second-order valence-electron chi connectivity index (χ2n) is 16.6. The highest BCUT2D eigenvalue weighted by molar-refractivity contribution is 5.85. The molecule has 0 aromatic carbocycles. The monoisotopic (exact) mass is 1040 g/mol. The van der Waals surface area contributed by atoms with Crippen molar-refractivity contribution in [2.24, 2.45) is 22.9 Å². The maximum absolute atomic E-state index is 14.2. The van der Waals surface area contributed by atoms with Gasteiger partial charge in [-0.15, -0.1) is 29.0 Å². The molecule has 5 rings (SSSR count). The summed E-state index contributed by atoms with van der Waals surface area (Å²) in [6.45, 7) is 4.91. The smallest absolute Gasteiger partial charge is 0.457 e. The van der Waals surface area contributed by atoms with E-state index in [9.17, 15) is 32.7 Å². The van der Waals surface area contributed by atoms with Crippen LogP contribution in [0.3, 0.4) is 0 Å². The van der Waals surface area contributed by atoms with Crippen LogP contribution in [0.1, 0.15) is 74.1 Å². The molecule has 402 valence electrons. The molecule has 0 bridgehead atoms. The van der Waals surface area contributed by atoms with Gasteiger partial charge in [0.25, 0.3) is 0 Å². The molecule has 2 aliphatic heterocycles. The molecule has 4 atom stereocenters. The zero-order valence-corrected chi connectivity index (χ0v) is 41.0. The molecule has 2 fully saturated rings. The predicted molar refractivity (Wildman–Crippen MR) is 256 cm³/mol. The van der Waals surface area contributed by atoms with Crippen molar-refractivity contribution in [1.82, 2.24) is 54.7 Å². The minimum atomic E-state index is -5.18. The molecule has 72 heavy (non-hydrogen) atoms. The summed E-state index contributed by atoms with van der Waals surface area (Å²) < 4.78 is 61.6. The average molecular weight is 1050 g/mol. The third-order valence-electron chi connectivity index (χ3n) is 11.5. The number of alkyl halides is 3. The molecule has 3 aromatic heterocycles. The van der Waals surface area contributed by atoms with E-state index in [-0.39, 0.29) is 56.2 Å². The third kappa shape index (κ3) is 17.9. The first-order chi connectivity index (χ1) is 34.3. The highest BCUT2D eigenvalue weighted by Gasteiger charge is 2.41. The van der Waals surface area contributed by atoms with Crippen LogP contribution in [0.25, 0.3) is 0 Å². The number of nitrogens with two attached hydrogens (primary N) is 4. The molecular weight excluding hydrogens is 977 g/mol. The van der Waals surface area contributed by atoms with Crippen molar-refractivity contribution < 1.29 is 51.6 Å². The zero-order chi connectivity index (χ0) is 51.2. The van der Waals surface area contributed by atoms with Crippen molar-refractivity contribution in [3.05, 3.63) is 23.8 Å². The Morgan fingerprint density at radius 3 is 1.65 bits per heavy atom. The van der Waals surface area contributed by atoms with Gasteiger partial charge in [0, 0.05) is 58.9 Å². The molecule has 3 aromatic rings. The topological polar surface area (TPSA) is 338 Å². The Morgan fingerprint density at radius 1 is 0.722 bits per heavy atom. The molecule has 2 aliphatic rings. The van der Waals surface area contributed by atoms with E-state index in [0.717, 1.165) is 6.42 Å². The van der Waals surface area contributed by atoms with E-state index in [1.807, 2.05) is 9.80 Å². The number of nitrogens with zero attached hydrogens (tertiary/aromatic N) is 13. The van der Waals surface area contributed by atoms with Crippen molar-refractivity contribution in [1.29, 1.82) is 0 Å². The number of ether oxygens (including phenoxy) is 4. The molecular formula is C42H68ClF3N18O8. The Balaban J connectivity index is 0.0000112. The van der Waals surface area contributed by atoms with E-state index in [1.54, 1.807) is 16.0 Å². The predicted octanol–water partition coefficient (Wildman–Crippen LogP) is -1.29. The number of anilines is 3. The zero-order valence-electron chi connectivity index (χ0n) is 40.2. The summed E-state index contributed by atoms with van der Waals surface area (Å²) in [5.74, 6) is 0.672. The van der Waals surface area contributed by atoms with Crippen molar-refractivity contribution in [2.45, 2.75) is 68.9 Å². The van der Waals surface area contributed by atoms with Crippen LogP contribution in [-0.4, -0.2) is 209 Å². The molecule has 0 saturated carbocycles. The summed E-state index contributed by atoms with van der Waals surface area (Å²) in [6, 6.07) is -3.43. The van der Waals surface area contributed by atoms with Crippen molar-refractivity contribution >= 4 is 48.0 Å².